The number of amides is 1. The SMILES string of the molecule is CCCCn1c(N)c(N(CC)CC(=O)Nc2ccccc2C)c(=O)[nH]c1=O. The van der Waals surface area contributed by atoms with Gasteiger partial charge in [-0.1, -0.05) is 31.5 Å². The van der Waals surface area contributed by atoms with Crippen molar-refractivity contribution in [1.29, 1.82) is 0 Å². The van der Waals surface area contributed by atoms with Crippen LogP contribution in [0.4, 0.5) is 17.2 Å². The molecule has 0 saturated heterocycles. The van der Waals surface area contributed by atoms with Crippen LogP contribution >= 0.6 is 0 Å². The third kappa shape index (κ3) is 4.78. The molecule has 2 rings (SSSR count). The van der Waals surface area contributed by atoms with E-state index in [0.717, 1.165) is 18.4 Å². The molecule has 0 radical (unpaired) electrons. The molecule has 0 fully saturated rings. The van der Waals surface area contributed by atoms with E-state index in [1.807, 2.05) is 45.0 Å². The molecule has 0 aliphatic heterocycles. The summed E-state index contributed by atoms with van der Waals surface area (Å²) in [6.07, 6.45) is 1.64. The summed E-state index contributed by atoms with van der Waals surface area (Å²) in [5.41, 5.74) is 6.81. The molecule has 0 aliphatic rings. The van der Waals surface area contributed by atoms with Gasteiger partial charge in [-0.3, -0.25) is 19.1 Å². The van der Waals surface area contributed by atoms with Crippen LogP contribution in [0.1, 0.15) is 32.3 Å². The van der Waals surface area contributed by atoms with Crippen molar-refractivity contribution in [2.24, 2.45) is 0 Å². The van der Waals surface area contributed by atoms with Crippen molar-refractivity contribution in [3.8, 4) is 0 Å². The van der Waals surface area contributed by atoms with E-state index in [1.54, 1.807) is 4.90 Å². The summed E-state index contributed by atoms with van der Waals surface area (Å²) in [6, 6.07) is 7.45. The smallest absolute Gasteiger partial charge is 0.330 e. The van der Waals surface area contributed by atoms with Gasteiger partial charge >= 0.3 is 5.69 Å². The monoisotopic (exact) mass is 373 g/mol. The molecule has 1 aromatic heterocycles. The molecule has 2 aromatic rings. The molecule has 1 amide bonds. The number of hydrogen-bond donors (Lipinski definition) is 3. The van der Waals surface area contributed by atoms with Gasteiger partial charge in [0.1, 0.15) is 11.5 Å². The van der Waals surface area contributed by atoms with Gasteiger partial charge in [0.15, 0.2) is 0 Å². The molecule has 8 nitrogen and oxygen atoms in total. The van der Waals surface area contributed by atoms with Gasteiger partial charge < -0.3 is 16.0 Å². The first-order valence-electron chi connectivity index (χ1n) is 9.12. The lowest BCUT2D eigenvalue weighted by Gasteiger charge is -2.24. The summed E-state index contributed by atoms with van der Waals surface area (Å²) in [5.74, 6) is -0.181. The Morgan fingerprint density at radius 3 is 2.59 bits per heavy atom. The molecule has 4 N–H and O–H groups in total. The highest BCUT2D eigenvalue weighted by molar-refractivity contribution is 5.95. The molecular formula is C19H27N5O3. The van der Waals surface area contributed by atoms with Crippen molar-refractivity contribution < 1.29 is 4.79 Å². The van der Waals surface area contributed by atoms with Gasteiger partial charge in [-0.05, 0) is 31.9 Å². The highest BCUT2D eigenvalue weighted by atomic mass is 16.2. The van der Waals surface area contributed by atoms with Crippen LogP contribution in [0, 0.1) is 6.92 Å². The van der Waals surface area contributed by atoms with Crippen molar-refractivity contribution in [3.63, 3.8) is 0 Å². The molecule has 0 aliphatic carbocycles. The minimum Gasteiger partial charge on any atom is -0.383 e. The summed E-state index contributed by atoms with van der Waals surface area (Å²) in [6.45, 7) is 6.48. The fourth-order valence-electron chi connectivity index (χ4n) is 2.85. The molecule has 8 heteroatoms. The number of nitrogen functional groups attached to an aromatic ring is 1. The number of unbranched alkanes of at least 4 members (excludes halogenated alkanes) is 1. The number of rotatable bonds is 8. The van der Waals surface area contributed by atoms with Gasteiger partial charge in [0.25, 0.3) is 5.56 Å². The number of aryl methyl sites for hydroxylation is 1. The first-order valence-corrected chi connectivity index (χ1v) is 9.12. The van der Waals surface area contributed by atoms with Gasteiger partial charge in [0, 0.05) is 18.8 Å². The maximum atomic E-state index is 12.5. The number of likely N-dealkylation sites (N-methyl/N-ethyl adjacent to an activating group) is 1. The molecule has 1 heterocycles. The molecule has 0 bridgehead atoms. The lowest BCUT2D eigenvalue weighted by atomic mass is 10.2. The molecule has 27 heavy (non-hydrogen) atoms. The molecule has 0 unspecified atom stereocenters. The Bertz CT molecular complexity index is 916. The van der Waals surface area contributed by atoms with Crippen LogP contribution in [0.15, 0.2) is 33.9 Å². The molecule has 146 valence electrons. The maximum Gasteiger partial charge on any atom is 0.330 e. The van der Waals surface area contributed by atoms with Crippen molar-refractivity contribution in [3.05, 3.63) is 50.7 Å². The van der Waals surface area contributed by atoms with Crippen LogP contribution in [0.2, 0.25) is 0 Å². The fraction of sp³-hybridized carbons (Fsp3) is 0.421. The van der Waals surface area contributed by atoms with Crippen LogP contribution in [0.3, 0.4) is 0 Å². The number of nitrogens with two attached hydrogens (primary N) is 1. The number of nitrogens with one attached hydrogen (secondary N) is 2. The average molecular weight is 373 g/mol. The minimum absolute atomic E-state index is 0.0515. The van der Waals surface area contributed by atoms with Crippen LogP contribution in [-0.2, 0) is 11.3 Å². The largest absolute Gasteiger partial charge is 0.383 e. The minimum atomic E-state index is -0.587. The Balaban J connectivity index is 2.29. The van der Waals surface area contributed by atoms with Crippen LogP contribution in [0.5, 0.6) is 0 Å². The quantitative estimate of drug-likeness (QED) is 0.652. The Kier molecular flexibility index (Phi) is 6.81. The van der Waals surface area contributed by atoms with E-state index in [0.29, 0.717) is 18.8 Å². The van der Waals surface area contributed by atoms with E-state index in [4.69, 9.17) is 5.73 Å². The number of carbonyl (C=O) groups excluding carboxylic acids is 1. The second-order valence-corrected chi connectivity index (χ2v) is 6.38. The number of para-hydroxylation sites is 1. The number of aromatic nitrogens is 2. The Hall–Kier alpha value is -3.03. The number of carbonyl (C=O) groups is 1. The topological polar surface area (TPSA) is 113 Å². The second kappa shape index (κ2) is 9.07. The molecule has 0 atom stereocenters. The number of nitrogens with zero attached hydrogens (tertiary/aromatic N) is 2. The Morgan fingerprint density at radius 1 is 1.26 bits per heavy atom. The highest BCUT2D eigenvalue weighted by Gasteiger charge is 2.20. The number of hydrogen-bond acceptors (Lipinski definition) is 5. The van der Waals surface area contributed by atoms with Gasteiger partial charge in [-0.15, -0.1) is 0 Å². The summed E-state index contributed by atoms with van der Waals surface area (Å²) < 4.78 is 1.35. The molecule has 1 aromatic carbocycles. The average Bonchev–Trinajstić information content (AvgIpc) is 2.62. The van der Waals surface area contributed by atoms with Crippen molar-refractivity contribution in [1.82, 2.24) is 9.55 Å². The Morgan fingerprint density at radius 2 is 1.96 bits per heavy atom. The van der Waals surface area contributed by atoms with E-state index in [1.165, 1.54) is 4.57 Å². The number of anilines is 3. The van der Waals surface area contributed by atoms with Crippen LogP contribution in [-0.4, -0.2) is 28.5 Å². The van der Waals surface area contributed by atoms with Crippen LogP contribution in [0.25, 0.3) is 0 Å². The molecule has 0 saturated carbocycles. The zero-order valence-electron chi connectivity index (χ0n) is 16.0. The normalized spacial score (nSPS) is 10.6. The van der Waals surface area contributed by atoms with E-state index in [9.17, 15) is 14.4 Å². The third-order valence-electron chi connectivity index (χ3n) is 4.40. The van der Waals surface area contributed by atoms with Gasteiger partial charge in [0.2, 0.25) is 5.91 Å². The van der Waals surface area contributed by atoms with E-state index in [2.05, 4.69) is 10.3 Å². The lowest BCUT2D eigenvalue weighted by Crippen LogP contribution is -2.41. The van der Waals surface area contributed by atoms with Gasteiger partial charge in [0.05, 0.1) is 6.54 Å². The van der Waals surface area contributed by atoms with E-state index in [-0.39, 0.29) is 24.0 Å². The third-order valence-corrected chi connectivity index (χ3v) is 4.40. The second-order valence-electron chi connectivity index (χ2n) is 6.38. The summed E-state index contributed by atoms with van der Waals surface area (Å²) in [4.78, 5) is 40.8. The lowest BCUT2D eigenvalue weighted by molar-refractivity contribution is -0.115. The number of benzene rings is 1. The van der Waals surface area contributed by atoms with Crippen molar-refractivity contribution in [2.45, 2.75) is 40.2 Å². The van der Waals surface area contributed by atoms with Gasteiger partial charge in [-0.25, -0.2) is 4.79 Å². The summed E-state index contributed by atoms with van der Waals surface area (Å²) >= 11 is 0. The van der Waals surface area contributed by atoms with Crippen molar-refractivity contribution >= 4 is 23.1 Å². The first-order chi connectivity index (χ1) is 12.9. The summed E-state index contributed by atoms with van der Waals surface area (Å²) in [7, 11) is 0. The first kappa shape index (κ1) is 20.3. The number of aromatic amines is 1. The van der Waals surface area contributed by atoms with Crippen LogP contribution < -0.4 is 27.2 Å². The summed E-state index contributed by atoms with van der Waals surface area (Å²) in [5, 5.41) is 2.84. The predicted octanol–water partition coefficient (Wildman–Crippen LogP) is 1.69. The van der Waals surface area contributed by atoms with Gasteiger partial charge in [-0.2, -0.15) is 0 Å². The highest BCUT2D eigenvalue weighted by Crippen LogP contribution is 2.18. The number of H-pyrrole nitrogens is 1. The van der Waals surface area contributed by atoms with Crippen molar-refractivity contribution in [2.75, 3.05) is 29.0 Å². The maximum absolute atomic E-state index is 12.5. The fourth-order valence-corrected chi connectivity index (χ4v) is 2.85. The predicted molar refractivity (Wildman–Crippen MR) is 108 cm³/mol. The molecule has 0 spiro atoms. The van der Waals surface area contributed by atoms with E-state index < -0.39 is 11.2 Å². The molecular weight excluding hydrogens is 346 g/mol. The Labute approximate surface area is 158 Å². The van der Waals surface area contributed by atoms with E-state index >= 15 is 0 Å². The zero-order chi connectivity index (χ0) is 20.0. The standard InChI is InChI=1S/C19H27N5O3/c1-4-6-11-24-17(20)16(18(26)22-19(24)27)23(5-2)12-15(25)21-14-10-8-7-9-13(14)3/h7-10H,4-6,11-12,20H2,1-3H3,(H,21,25)(H,22,26,27). The zero-order valence-corrected chi connectivity index (χ0v) is 16.0.